The molecule has 2 aliphatic heterocycles. The van der Waals surface area contributed by atoms with Crippen molar-refractivity contribution in [3.05, 3.63) is 54.1 Å². The number of para-hydroxylation sites is 3. The molecule has 0 aliphatic carbocycles. The summed E-state index contributed by atoms with van der Waals surface area (Å²) in [6, 6.07) is 15.3. The Labute approximate surface area is 146 Å². The van der Waals surface area contributed by atoms with Gasteiger partial charge in [-0.15, -0.1) is 0 Å². The van der Waals surface area contributed by atoms with E-state index in [2.05, 4.69) is 4.90 Å². The highest BCUT2D eigenvalue weighted by Gasteiger charge is 2.28. The highest BCUT2D eigenvalue weighted by Crippen LogP contribution is 2.37. The normalized spacial score (nSPS) is 17.8. The minimum atomic E-state index is -3.65. The molecule has 0 amide bonds. The Morgan fingerprint density at radius 2 is 1.56 bits per heavy atom. The van der Waals surface area contributed by atoms with Crippen molar-refractivity contribution < 1.29 is 13.2 Å². The maximum absolute atomic E-state index is 11.5. The smallest absolute Gasteiger partial charge is 0.277 e. The van der Waals surface area contributed by atoms with Crippen molar-refractivity contribution in [2.75, 3.05) is 26.2 Å². The van der Waals surface area contributed by atoms with E-state index in [1.807, 2.05) is 48.5 Å². The van der Waals surface area contributed by atoms with Crippen LogP contribution < -0.4 is 9.88 Å². The van der Waals surface area contributed by atoms with E-state index in [1.54, 1.807) is 0 Å². The summed E-state index contributed by atoms with van der Waals surface area (Å²) in [5.74, 6) is 2.22. The van der Waals surface area contributed by atoms with Gasteiger partial charge in [0, 0.05) is 26.2 Å². The average Bonchev–Trinajstić information content (AvgIpc) is 2.77. The number of ether oxygens (including phenoxy) is 1. The molecular formula is C17H18N4O3S. The van der Waals surface area contributed by atoms with Gasteiger partial charge in [-0.2, -0.15) is 12.7 Å². The number of benzene rings is 2. The number of piperazine rings is 1. The van der Waals surface area contributed by atoms with Crippen LogP contribution in [0.1, 0.15) is 5.56 Å². The van der Waals surface area contributed by atoms with Crippen molar-refractivity contribution in [2.24, 2.45) is 10.1 Å². The number of nitrogens with two attached hydrogens (primary N) is 1. The van der Waals surface area contributed by atoms with Crippen LogP contribution in [0.15, 0.2) is 53.5 Å². The average molecular weight is 358 g/mol. The molecule has 0 spiro atoms. The van der Waals surface area contributed by atoms with Crippen LogP contribution in [0, 0.1) is 0 Å². The summed E-state index contributed by atoms with van der Waals surface area (Å²) >= 11 is 0. The summed E-state index contributed by atoms with van der Waals surface area (Å²) in [5.41, 5.74) is 1.64. The quantitative estimate of drug-likeness (QED) is 0.840. The largest absolute Gasteiger partial charge is 0.454 e. The van der Waals surface area contributed by atoms with Crippen LogP contribution >= 0.6 is 0 Å². The molecule has 2 aliphatic rings. The van der Waals surface area contributed by atoms with E-state index in [4.69, 9.17) is 14.9 Å². The van der Waals surface area contributed by atoms with Crippen LogP contribution in [0.5, 0.6) is 11.5 Å². The van der Waals surface area contributed by atoms with Crippen molar-refractivity contribution in [2.45, 2.75) is 0 Å². The van der Waals surface area contributed by atoms with Crippen LogP contribution in [0.4, 0.5) is 5.69 Å². The molecular weight excluding hydrogens is 340 g/mol. The third-order valence-corrected chi connectivity index (χ3v) is 5.42. The summed E-state index contributed by atoms with van der Waals surface area (Å²) in [4.78, 5) is 6.89. The zero-order valence-electron chi connectivity index (χ0n) is 13.5. The number of aliphatic imine (C=N–C) groups is 1. The Morgan fingerprint density at radius 1 is 0.920 bits per heavy atom. The molecule has 2 aromatic rings. The Bertz CT molecular complexity index is 934. The fourth-order valence-corrected chi connectivity index (χ4v) is 3.74. The first kappa shape index (κ1) is 16.1. The molecule has 1 saturated heterocycles. The number of hydrogen-bond donors (Lipinski definition) is 1. The van der Waals surface area contributed by atoms with Crippen molar-refractivity contribution >= 4 is 21.7 Å². The molecule has 25 heavy (non-hydrogen) atoms. The van der Waals surface area contributed by atoms with Gasteiger partial charge in [0.1, 0.15) is 17.3 Å². The Balaban J connectivity index is 1.72. The molecule has 0 bridgehead atoms. The van der Waals surface area contributed by atoms with Crippen molar-refractivity contribution in [3.8, 4) is 11.5 Å². The first-order chi connectivity index (χ1) is 12.0. The molecule has 0 radical (unpaired) electrons. The van der Waals surface area contributed by atoms with Gasteiger partial charge in [-0.25, -0.2) is 10.1 Å². The number of amidine groups is 1. The van der Waals surface area contributed by atoms with Gasteiger partial charge in [-0.3, -0.25) is 0 Å². The third kappa shape index (κ3) is 3.11. The van der Waals surface area contributed by atoms with Gasteiger partial charge in [-0.1, -0.05) is 24.3 Å². The minimum absolute atomic E-state index is 0.336. The topological polar surface area (TPSA) is 88.2 Å². The van der Waals surface area contributed by atoms with Crippen LogP contribution in [0.25, 0.3) is 0 Å². The summed E-state index contributed by atoms with van der Waals surface area (Å²) in [6.07, 6.45) is 0. The second kappa shape index (κ2) is 6.14. The molecule has 7 nitrogen and oxygen atoms in total. The van der Waals surface area contributed by atoms with Crippen molar-refractivity contribution in [1.29, 1.82) is 0 Å². The monoisotopic (exact) mass is 358 g/mol. The van der Waals surface area contributed by atoms with Gasteiger partial charge in [0.2, 0.25) is 0 Å². The Morgan fingerprint density at radius 3 is 2.28 bits per heavy atom. The molecule has 2 heterocycles. The second-order valence-corrected chi connectivity index (χ2v) is 7.48. The highest BCUT2D eigenvalue weighted by molar-refractivity contribution is 7.86. The maximum atomic E-state index is 11.5. The lowest BCUT2D eigenvalue weighted by Crippen LogP contribution is -2.52. The summed E-state index contributed by atoms with van der Waals surface area (Å²) in [6.45, 7) is 1.71. The summed E-state index contributed by atoms with van der Waals surface area (Å²) in [5, 5.41) is 5.23. The van der Waals surface area contributed by atoms with Gasteiger partial charge < -0.3 is 9.64 Å². The van der Waals surface area contributed by atoms with E-state index in [1.165, 1.54) is 4.31 Å². The van der Waals surface area contributed by atoms with E-state index >= 15 is 0 Å². The first-order valence-corrected chi connectivity index (χ1v) is 9.50. The van der Waals surface area contributed by atoms with Gasteiger partial charge in [-0.05, 0) is 24.3 Å². The van der Waals surface area contributed by atoms with Crippen molar-refractivity contribution in [1.82, 2.24) is 9.21 Å². The third-order valence-electron chi connectivity index (χ3n) is 4.34. The molecule has 4 rings (SSSR count). The Kier molecular flexibility index (Phi) is 3.95. The van der Waals surface area contributed by atoms with E-state index in [-0.39, 0.29) is 0 Å². The number of fused-ring (bicyclic) bond motifs is 2. The predicted molar refractivity (Wildman–Crippen MR) is 95.4 cm³/mol. The number of rotatable bonds is 1. The fourth-order valence-electron chi connectivity index (χ4n) is 3.06. The van der Waals surface area contributed by atoms with E-state index in [0.29, 0.717) is 31.9 Å². The molecule has 0 unspecified atom stereocenters. The molecule has 0 aromatic heterocycles. The Hall–Kier alpha value is -2.42. The molecule has 8 heteroatoms. The number of hydrogen-bond acceptors (Lipinski definition) is 5. The molecule has 0 saturated carbocycles. The lowest BCUT2D eigenvalue weighted by Gasteiger charge is -2.35. The zero-order chi connectivity index (χ0) is 17.4. The summed E-state index contributed by atoms with van der Waals surface area (Å²) in [7, 11) is -3.65. The van der Waals surface area contributed by atoms with Gasteiger partial charge in [0.25, 0.3) is 10.2 Å². The summed E-state index contributed by atoms with van der Waals surface area (Å²) < 4.78 is 30.4. The van der Waals surface area contributed by atoms with Gasteiger partial charge >= 0.3 is 0 Å². The molecule has 1 fully saturated rings. The van der Waals surface area contributed by atoms with E-state index in [9.17, 15) is 8.42 Å². The molecule has 130 valence electrons. The SMILES string of the molecule is NS(=O)(=O)N1CCN(C2=Nc3ccccc3Oc3ccccc32)CC1. The van der Waals surface area contributed by atoms with Crippen LogP contribution in [0.2, 0.25) is 0 Å². The fraction of sp³-hybridized carbons (Fsp3) is 0.235. The molecule has 0 atom stereocenters. The second-order valence-electron chi connectivity index (χ2n) is 5.93. The van der Waals surface area contributed by atoms with Crippen LogP contribution in [0.3, 0.4) is 0 Å². The molecule has 2 aromatic carbocycles. The van der Waals surface area contributed by atoms with Gasteiger partial charge in [0.05, 0.1) is 5.56 Å². The van der Waals surface area contributed by atoms with Crippen molar-refractivity contribution in [3.63, 3.8) is 0 Å². The highest BCUT2D eigenvalue weighted by atomic mass is 32.2. The van der Waals surface area contributed by atoms with E-state index in [0.717, 1.165) is 22.8 Å². The first-order valence-electron chi connectivity index (χ1n) is 8.00. The van der Waals surface area contributed by atoms with Gasteiger partial charge in [0.15, 0.2) is 5.75 Å². The minimum Gasteiger partial charge on any atom is -0.454 e. The van der Waals surface area contributed by atoms with Crippen LogP contribution in [-0.4, -0.2) is 49.6 Å². The number of nitrogens with zero attached hydrogens (tertiary/aromatic N) is 3. The lowest BCUT2D eigenvalue weighted by atomic mass is 10.1. The predicted octanol–water partition coefficient (Wildman–Crippen LogP) is 1.69. The van der Waals surface area contributed by atoms with Crippen LogP contribution in [-0.2, 0) is 10.2 Å². The molecule has 2 N–H and O–H groups in total. The standard InChI is InChI=1S/C17H18N4O3S/c18-25(22,23)21-11-9-20(10-12-21)17-13-5-1-3-7-15(13)24-16-8-4-2-6-14(16)19-17/h1-8H,9-12H2,(H2,18,22,23). The lowest BCUT2D eigenvalue weighted by molar-refractivity contribution is 0.266. The maximum Gasteiger partial charge on any atom is 0.277 e. The zero-order valence-corrected chi connectivity index (χ0v) is 14.3. The van der Waals surface area contributed by atoms with E-state index < -0.39 is 10.2 Å².